The Labute approximate surface area is 186 Å². The molecule has 0 saturated carbocycles. The number of likely N-dealkylation sites (tertiary alicyclic amines) is 2. The predicted octanol–water partition coefficient (Wildman–Crippen LogP) is 3.39. The van der Waals surface area contributed by atoms with Crippen molar-refractivity contribution in [2.45, 2.75) is 65.3 Å². The van der Waals surface area contributed by atoms with Crippen LogP contribution in [0.1, 0.15) is 68.3 Å². The summed E-state index contributed by atoms with van der Waals surface area (Å²) in [6.07, 6.45) is 5.23. The summed E-state index contributed by atoms with van der Waals surface area (Å²) in [4.78, 5) is 42.6. The van der Waals surface area contributed by atoms with Crippen LogP contribution < -0.4 is 5.32 Å². The van der Waals surface area contributed by atoms with Crippen molar-refractivity contribution in [3.8, 4) is 0 Å². The minimum absolute atomic E-state index is 0.0344. The summed E-state index contributed by atoms with van der Waals surface area (Å²) in [6, 6.07) is 6.90. The van der Waals surface area contributed by atoms with Crippen LogP contribution >= 0.6 is 0 Å². The zero-order valence-electron chi connectivity index (χ0n) is 19.2. The maximum atomic E-state index is 13.4. The third-order valence-corrected chi connectivity index (χ3v) is 6.48. The average molecular weight is 428 g/mol. The lowest BCUT2D eigenvalue weighted by molar-refractivity contribution is -0.137. The van der Waals surface area contributed by atoms with E-state index in [1.54, 1.807) is 12.1 Å². The lowest BCUT2D eigenvalue weighted by atomic mass is 9.87. The van der Waals surface area contributed by atoms with Gasteiger partial charge in [0.1, 0.15) is 6.04 Å². The number of carbonyl (C=O) groups excluding carboxylic acids is 3. The summed E-state index contributed by atoms with van der Waals surface area (Å²) in [7, 11) is 0. The van der Waals surface area contributed by atoms with Gasteiger partial charge in [0.2, 0.25) is 11.8 Å². The van der Waals surface area contributed by atoms with Crippen LogP contribution in [0, 0.1) is 18.8 Å². The highest BCUT2D eigenvalue weighted by Gasteiger charge is 2.36. The summed E-state index contributed by atoms with van der Waals surface area (Å²) in [5.41, 5.74) is 1.67. The minimum atomic E-state index is -0.533. The van der Waals surface area contributed by atoms with E-state index in [-0.39, 0.29) is 23.6 Å². The number of aryl methyl sites for hydroxylation is 1. The first-order valence-electron chi connectivity index (χ1n) is 11.8. The summed E-state index contributed by atoms with van der Waals surface area (Å²) < 4.78 is 0. The summed E-state index contributed by atoms with van der Waals surface area (Å²) in [5.74, 6) is 0.413. The molecule has 1 unspecified atom stereocenters. The van der Waals surface area contributed by atoms with Gasteiger partial charge in [0, 0.05) is 38.2 Å². The second kappa shape index (κ2) is 10.8. The van der Waals surface area contributed by atoms with Gasteiger partial charge in [0.25, 0.3) is 5.91 Å². The number of carbonyl (C=O) groups is 3. The Hall–Kier alpha value is -2.37. The van der Waals surface area contributed by atoms with E-state index < -0.39 is 6.04 Å². The third-order valence-electron chi connectivity index (χ3n) is 6.48. The zero-order valence-corrected chi connectivity index (χ0v) is 19.2. The maximum Gasteiger partial charge on any atom is 0.251 e. The first-order chi connectivity index (χ1) is 14.8. The van der Waals surface area contributed by atoms with Gasteiger partial charge in [-0.15, -0.1) is 0 Å². The standard InChI is InChI=1S/C25H37N3O3/c1-18(2)17-22(29)27-15-11-20(12-16-27)23(25(31)28-13-5-4-6-14-28)26-24(30)21-9-7-19(3)8-10-21/h7-10,18,20,23H,4-6,11-17H2,1-3H3,(H,26,30). The van der Waals surface area contributed by atoms with Crippen molar-refractivity contribution in [3.63, 3.8) is 0 Å². The van der Waals surface area contributed by atoms with Crippen LogP contribution in [0.15, 0.2) is 24.3 Å². The summed E-state index contributed by atoms with van der Waals surface area (Å²) in [5, 5.41) is 3.06. The van der Waals surface area contributed by atoms with Gasteiger partial charge >= 0.3 is 0 Å². The predicted molar refractivity (Wildman–Crippen MR) is 122 cm³/mol. The number of nitrogens with zero attached hydrogens (tertiary/aromatic N) is 2. The molecule has 1 aromatic carbocycles. The molecule has 0 radical (unpaired) electrons. The normalized spacial score (nSPS) is 18.7. The van der Waals surface area contributed by atoms with Crippen molar-refractivity contribution < 1.29 is 14.4 Å². The Morgan fingerprint density at radius 1 is 0.935 bits per heavy atom. The number of hydrogen-bond donors (Lipinski definition) is 1. The van der Waals surface area contributed by atoms with E-state index in [0.717, 1.165) is 50.8 Å². The Balaban J connectivity index is 1.70. The second-order valence-corrected chi connectivity index (χ2v) is 9.52. The SMILES string of the molecule is Cc1ccc(C(=O)NC(C(=O)N2CCCCC2)C2CCN(C(=O)CC(C)C)CC2)cc1. The number of rotatable bonds is 6. The molecule has 2 aliphatic rings. The Morgan fingerprint density at radius 2 is 1.55 bits per heavy atom. The Bertz CT molecular complexity index is 761. The van der Waals surface area contributed by atoms with Gasteiger partial charge in [-0.25, -0.2) is 0 Å². The quantitative estimate of drug-likeness (QED) is 0.757. The number of nitrogens with one attached hydrogen (secondary N) is 1. The van der Waals surface area contributed by atoms with Crippen molar-refractivity contribution in [2.24, 2.45) is 11.8 Å². The molecule has 0 aliphatic carbocycles. The molecule has 170 valence electrons. The Morgan fingerprint density at radius 3 is 2.13 bits per heavy atom. The molecule has 0 bridgehead atoms. The van der Waals surface area contributed by atoms with Crippen molar-refractivity contribution in [3.05, 3.63) is 35.4 Å². The van der Waals surface area contributed by atoms with Crippen LogP contribution in [0.4, 0.5) is 0 Å². The van der Waals surface area contributed by atoms with Crippen molar-refractivity contribution >= 4 is 17.7 Å². The first kappa shape index (κ1) is 23.3. The molecule has 3 amide bonds. The minimum Gasteiger partial charge on any atom is -0.343 e. The van der Waals surface area contributed by atoms with Crippen LogP contribution in [0.2, 0.25) is 0 Å². The molecular formula is C25H37N3O3. The van der Waals surface area contributed by atoms with Gasteiger partial charge in [-0.05, 0) is 63.0 Å². The molecule has 2 aliphatic heterocycles. The molecule has 2 saturated heterocycles. The molecule has 31 heavy (non-hydrogen) atoms. The molecular weight excluding hydrogens is 390 g/mol. The fraction of sp³-hybridized carbons (Fsp3) is 0.640. The van der Waals surface area contributed by atoms with Crippen LogP contribution in [-0.4, -0.2) is 59.7 Å². The van der Waals surface area contributed by atoms with Gasteiger partial charge in [0.15, 0.2) is 0 Å². The number of piperidine rings is 2. The molecule has 1 aromatic rings. The van der Waals surface area contributed by atoms with Crippen molar-refractivity contribution in [2.75, 3.05) is 26.2 Å². The maximum absolute atomic E-state index is 13.4. The van der Waals surface area contributed by atoms with E-state index in [2.05, 4.69) is 19.2 Å². The summed E-state index contributed by atoms with van der Waals surface area (Å²) >= 11 is 0. The van der Waals surface area contributed by atoms with Crippen LogP contribution in [0.25, 0.3) is 0 Å². The van der Waals surface area contributed by atoms with Gasteiger partial charge in [-0.1, -0.05) is 31.5 Å². The largest absolute Gasteiger partial charge is 0.343 e. The molecule has 0 spiro atoms. The monoisotopic (exact) mass is 427 g/mol. The molecule has 3 rings (SSSR count). The van der Waals surface area contributed by atoms with Gasteiger partial charge in [0.05, 0.1) is 0 Å². The molecule has 0 aromatic heterocycles. The van der Waals surface area contributed by atoms with Gasteiger partial charge in [-0.2, -0.15) is 0 Å². The molecule has 2 fully saturated rings. The van der Waals surface area contributed by atoms with E-state index >= 15 is 0 Å². The highest BCUT2D eigenvalue weighted by molar-refractivity contribution is 5.97. The summed E-state index contributed by atoms with van der Waals surface area (Å²) in [6.45, 7) is 8.93. The lowest BCUT2D eigenvalue weighted by Gasteiger charge is -2.38. The highest BCUT2D eigenvalue weighted by Crippen LogP contribution is 2.25. The molecule has 6 nitrogen and oxygen atoms in total. The second-order valence-electron chi connectivity index (χ2n) is 9.52. The molecule has 1 atom stereocenters. The number of benzene rings is 1. The van der Waals surface area contributed by atoms with Gasteiger partial charge in [-0.3, -0.25) is 14.4 Å². The van der Waals surface area contributed by atoms with Crippen molar-refractivity contribution in [1.29, 1.82) is 0 Å². The molecule has 6 heteroatoms. The fourth-order valence-corrected chi connectivity index (χ4v) is 4.58. The first-order valence-corrected chi connectivity index (χ1v) is 11.8. The smallest absolute Gasteiger partial charge is 0.251 e. The number of hydrogen-bond acceptors (Lipinski definition) is 3. The van der Waals surface area contributed by atoms with E-state index in [1.165, 1.54) is 0 Å². The van der Waals surface area contributed by atoms with Crippen LogP contribution in [-0.2, 0) is 9.59 Å². The third kappa shape index (κ3) is 6.31. The highest BCUT2D eigenvalue weighted by atomic mass is 16.2. The van der Waals surface area contributed by atoms with E-state index in [9.17, 15) is 14.4 Å². The van der Waals surface area contributed by atoms with Gasteiger partial charge < -0.3 is 15.1 Å². The van der Waals surface area contributed by atoms with Crippen LogP contribution in [0.5, 0.6) is 0 Å². The van der Waals surface area contributed by atoms with E-state index in [4.69, 9.17) is 0 Å². The number of amides is 3. The van der Waals surface area contributed by atoms with E-state index in [0.29, 0.717) is 31.0 Å². The topological polar surface area (TPSA) is 69.7 Å². The fourth-order valence-electron chi connectivity index (χ4n) is 4.58. The lowest BCUT2D eigenvalue weighted by Crippen LogP contribution is -2.55. The van der Waals surface area contributed by atoms with E-state index in [1.807, 2.05) is 28.9 Å². The molecule has 1 N–H and O–H groups in total. The average Bonchev–Trinajstić information content (AvgIpc) is 2.77. The Kier molecular flexibility index (Phi) is 8.10. The van der Waals surface area contributed by atoms with Crippen LogP contribution in [0.3, 0.4) is 0 Å². The van der Waals surface area contributed by atoms with Crippen molar-refractivity contribution in [1.82, 2.24) is 15.1 Å². The molecule has 2 heterocycles. The zero-order chi connectivity index (χ0) is 22.4.